The molecule has 0 atom stereocenters. The molecule has 0 radical (unpaired) electrons. The SMILES string of the molecule is CC(=O)Nc1ccc(NC(=O)NCCOc2ccc(F)cc2Cl)cc1. The van der Waals surface area contributed by atoms with Gasteiger partial charge >= 0.3 is 6.03 Å². The van der Waals surface area contributed by atoms with Crippen LogP contribution < -0.4 is 20.7 Å². The molecule has 132 valence electrons. The Bertz CT molecular complexity index is 753. The Kier molecular flexibility index (Phi) is 6.59. The van der Waals surface area contributed by atoms with Crippen molar-refractivity contribution in [2.24, 2.45) is 0 Å². The Hall–Kier alpha value is -2.80. The summed E-state index contributed by atoms with van der Waals surface area (Å²) in [5.74, 6) is -0.266. The Morgan fingerprint density at radius 2 is 1.72 bits per heavy atom. The van der Waals surface area contributed by atoms with E-state index in [-0.39, 0.29) is 24.1 Å². The van der Waals surface area contributed by atoms with Crippen molar-refractivity contribution in [2.75, 3.05) is 23.8 Å². The van der Waals surface area contributed by atoms with Crippen LogP contribution in [0.25, 0.3) is 0 Å². The van der Waals surface area contributed by atoms with E-state index in [2.05, 4.69) is 16.0 Å². The Labute approximate surface area is 149 Å². The molecule has 0 aliphatic carbocycles. The van der Waals surface area contributed by atoms with E-state index in [4.69, 9.17) is 16.3 Å². The fourth-order valence-corrected chi connectivity index (χ4v) is 2.16. The Morgan fingerprint density at radius 3 is 2.32 bits per heavy atom. The summed E-state index contributed by atoms with van der Waals surface area (Å²) in [6, 6.07) is 10.1. The van der Waals surface area contributed by atoms with Gasteiger partial charge in [-0.1, -0.05) is 11.6 Å². The van der Waals surface area contributed by atoms with E-state index in [0.717, 1.165) is 6.07 Å². The van der Waals surface area contributed by atoms with Crippen LogP contribution in [0, 0.1) is 5.82 Å². The first-order valence-electron chi connectivity index (χ1n) is 7.44. The molecular formula is C17H17ClFN3O3. The van der Waals surface area contributed by atoms with Gasteiger partial charge < -0.3 is 20.7 Å². The van der Waals surface area contributed by atoms with Gasteiger partial charge in [-0.25, -0.2) is 9.18 Å². The maximum atomic E-state index is 12.9. The van der Waals surface area contributed by atoms with Crippen LogP contribution in [0.5, 0.6) is 5.75 Å². The number of anilines is 2. The lowest BCUT2D eigenvalue weighted by Crippen LogP contribution is -2.32. The molecule has 0 spiro atoms. The van der Waals surface area contributed by atoms with Gasteiger partial charge in [0.15, 0.2) is 0 Å². The summed E-state index contributed by atoms with van der Waals surface area (Å²) in [6.45, 7) is 1.84. The van der Waals surface area contributed by atoms with Gasteiger partial charge in [0, 0.05) is 18.3 Å². The van der Waals surface area contributed by atoms with E-state index in [1.165, 1.54) is 19.1 Å². The van der Waals surface area contributed by atoms with Crippen LogP contribution in [0.3, 0.4) is 0 Å². The van der Waals surface area contributed by atoms with Crippen molar-refractivity contribution in [1.29, 1.82) is 0 Å². The fraction of sp³-hybridized carbons (Fsp3) is 0.176. The molecule has 3 amide bonds. The molecule has 0 aromatic heterocycles. The zero-order chi connectivity index (χ0) is 18.2. The zero-order valence-electron chi connectivity index (χ0n) is 13.4. The minimum absolute atomic E-state index is 0.167. The highest BCUT2D eigenvalue weighted by Crippen LogP contribution is 2.24. The molecule has 6 nitrogen and oxygen atoms in total. The molecule has 8 heteroatoms. The van der Waals surface area contributed by atoms with E-state index in [9.17, 15) is 14.0 Å². The molecular weight excluding hydrogens is 349 g/mol. The monoisotopic (exact) mass is 365 g/mol. The van der Waals surface area contributed by atoms with Crippen LogP contribution in [0.15, 0.2) is 42.5 Å². The number of urea groups is 1. The van der Waals surface area contributed by atoms with Crippen LogP contribution in [-0.4, -0.2) is 25.1 Å². The number of rotatable bonds is 6. The van der Waals surface area contributed by atoms with Gasteiger partial charge in [-0.3, -0.25) is 4.79 Å². The second kappa shape index (κ2) is 8.89. The highest BCUT2D eigenvalue weighted by Gasteiger charge is 2.05. The van der Waals surface area contributed by atoms with Crippen molar-refractivity contribution >= 4 is 34.9 Å². The van der Waals surface area contributed by atoms with Crippen molar-refractivity contribution in [3.8, 4) is 5.75 Å². The highest BCUT2D eigenvalue weighted by atomic mass is 35.5. The second-order valence-electron chi connectivity index (χ2n) is 5.06. The third-order valence-electron chi connectivity index (χ3n) is 3.00. The first-order chi connectivity index (χ1) is 11.9. The van der Waals surface area contributed by atoms with Crippen molar-refractivity contribution in [3.05, 3.63) is 53.3 Å². The van der Waals surface area contributed by atoms with E-state index in [0.29, 0.717) is 17.1 Å². The Morgan fingerprint density at radius 1 is 1.08 bits per heavy atom. The van der Waals surface area contributed by atoms with Crippen molar-refractivity contribution in [1.82, 2.24) is 5.32 Å². The minimum atomic E-state index is -0.445. The van der Waals surface area contributed by atoms with Gasteiger partial charge in [0.1, 0.15) is 18.2 Å². The summed E-state index contributed by atoms with van der Waals surface area (Å²) in [7, 11) is 0. The van der Waals surface area contributed by atoms with Crippen LogP contribution >= 0.6 is 11.6 Å². The number of hydrogen-bond donors (Lipinski definition) is 3. The predicted molar refractivity (Wildman–Crippen MR) is 94.7 cm³/mol. The van der Waals surface area contributed by atoms with Gasteiger partial charge in [-0.05, 0) is 42.5 Å². The lowest BCUT2D eigenvalue weighted by Gasteiger charge is -2.10. The Balaban J connectivity index is 1.72. The maximum absolute atomic E-state index is 12.9. The maximum Gasteiger partial charge on any atom is 0.319 e. The molecule has 2 aromatic carbocycles. The van der Waals surface area contributed by atoms with Crippen LogP contribution in [0.1, 0.15) is 6.92 Å². The number of carbonyl (C=O) groups excluding carboxylic acids is 2. The third-order valence-corrected chi connectivity index (χ3v) is 3.30. The number of hydrogen-bond acceptors (Lipinski definition) is 3. The average molecular weight is 366 g/mol. The van der Waals surface area contributed by atoms with Crippen molar-refractivity contribution in [2.45, 2.75) is 6.92 Å². The first kappa shape index (κ1) is 18.5. The molecule has 2 rings (SSSR count). The number of halogens is 2. The molecule has 0 saturated heterocycles. The van der Waals surface area contributed by atoms with E-state index >= 15 is 0 Å². The van der Waals surface area contributed by atoms with Crippen molar-refractivity contribution in [3.63, 3.8) is 0 Å². The molecule has 0 bridgehead atoms. The first-order valence-corrected chi connectivity index (χ1v) is 7.82. The topological polar surface area (TPSA) is 79.5 Å². The minimum Gasteiger partial charge on any atom is -0.490 e. The largest absolute Gasteiger partial charge is 0.490 e. The van der Waals surface area contributed by atoms with Crippen LogP contribution in [-0.2, 0) is 4.79 Å². The average Bonchev–Trinajstić information content (AvgIpc) is 2.54. The quantitative estimate of drug-likeness (QED) is 0.684. The predicted octanol–water partition coefficient (Wildman–Crippen LogP) is 3.64. The number of amides is 3. The number of benzene rings is 2. The summed E-state index contributed by atoms with van der Waals surface area (Å²) in [5, 5.41) is 8.07. The van der Waals surface area contributed by atoms with Gasteiger partial charge in [0.2, 0.25) is 5.91 Å². The molecule has 25 heavy (non-hydrogen) atoms. The van der Waals surface area contributed by atoms with E-state index < -0.39 is 11.8 Å². The molecule has 0 fully saturated rings. The number of carbonyl (C=O) groups is 2. The number of ether oxygens (including phenoxy) is 1. The smallest absolute Gasteiger partial charge is 0.319 e. The molecule has 0 saturated carbocycles. The summed E-state index contributed by atoms with van der Waals surface area (Å²) < 4.78 is 18.3. The summed E-state index contributed by atoms with van der Waals surface area (Å²) in [6.07, 6.45) is 0. The molecule has 2 aromatic rings. The molecule has 0 unspecified atom stereocenters. The summed E-state index contributed by atoms with van der Waals surface area (Å²) in [4.78, 5) is 22.7. The zero-order valence-corrected chi connectivity index (χ0v) is 14.2. The lowest BCUT2D eigenvalue weighted by atomic mass is 10.3. The molecule has 0 heterocycles. The lowest BCUT2D eigenvalue weighted by molar-refractivity contribution is -0.114. The second-order valence-corrected chi connectivity index (χ2v) is 5.47. The highest BCUT2D eigenvalue weighted by molar-refractivity contribution is 6.32. The van der Waals surface area contributed by atoms with Crippen LogP contribution in [0.4, 0.5) is 20.6 Å². The normalized spacial score (nSPS) is 10.0. The van der Waals surface area contributed by atoms with E-state index in [1.807, 2.05) is 0 Å². The number of nitrogens with one attached hydrogen (secondary N) is 3. The van der Waals surface area contributed by atoms with Crippen molar-refractivity contribution < 1.29 is 18.7 Å². The van der Waals surface area contributed by atoms with Gasteiger partial charge in [0.25, 0.3) is 0 Å². The van der Waals surface area contributed by atoms with Crippen LogP contribution in [0.2, 0.25) is 5.02 Å². The van der Waals surface area contributed by atoms with E-state index in [1.54, 1.807) is 24.3 Å². The summed E-state index contributed by atoms with van der Waals surface area (Å²) in [5.41, 5.74) is 1.22. The summed E-state index contributed by atoms with van der Waals surface area (Å²) >= 11 is 5.83. The standard InChI is InChI=1S/C17H17ClFN3O3/c1-11(23)21-13-3-5-14(6-4-13)22-17(24)20-8-9-25-16-7-2-12(19)10-15(16)18/h2-7,10H,8-9H2,1H3,(H,21,23)(H2,20,22,24). The fourth-order valence-electron chi connectivity index (χ4n) is 1.93. The molecule has 0 aliphatic heterocycles. The van der Waals surface area contributed by atoms with Gasteiger partial charge in [-0.15, -0.1) is 0 Å². The molecule has 3 N–H and O–H groups in total. The van der Waals surface area contributed by atoms with Gasteiger partial charge in [-0.2, -0.15) is 0 Å². The molecule has 0 aliphatic rings. The third kappa shape index (κ3) is 6.31. The van der Waals surface area contributed by atoms with Gasteiger partial charge in [0.05, 0.1) is 11.6 Å².